The second-order valence-corrected chi connectivity index (χ2v) is 20.1. The first-order valence-corrected chi connectivity index (χ1v) is 21.9. The SMILES string of the molecule is C=C(C)[C@@H]1CC[C@]2(COC(C)=O)CC[C@]3(C)[C@H](CC[C@@H]4[C@@]5(C)CCC(O[C@@H]6[C@@H](O)[C@@H](O)[C@@H](CO)O[C@H]6O)C(C)(C)[C@@H]5CC[C@]43C)[C@@H]12.CC(=O)O.CC(=O)O.CC(=O)O.CC(=O)O. The second kappa shape index (κ2) is 21.7. The summed E-state index contributed by atoms with van der Waals surface area (Å²) >= 11 is 0. The second-order valence-electron chi connectivity index (χ2n) is 20.1. The van der Waals surface area contributed by atoms with Crippen LogP contribution in [0, 0.1) is 56.7 Å². The Morgan fingerprint density at radius 3 is 1.68 bits per heavy atom. The van der Waals surface area contributed by atoms with Crippen molar-refractivity contribution in [2.75, 3.05) is 13.2 Å². The summed E-state index contributed by atoms with van der Waals surface area (Å²) in [4.78, 5) is 48.0. The quantitative estimate of drug-likeness (QED) is 0.116. The number of rotatable bonds is 6. The van der Waals surface area contributed by atoms with Crippen LogP contribution in [0.5, 0.6) is 0 Å². The van der Waals surface area contributed by atoms with Gasteiger partial charge in [-0.15, -0.1) is 0 Å². The van der Waals surface area contributed by atoms with Crippen molar-refractivity contribution in [3.05, 3.63) is 12.2 Å². The monoisotopic (exact) mass is 887 g/mol. The third kappa shape index (κ3) is 11.9. The van der Waals surface area contributed by atoms with Gasteiger partial charge in [-0.1, -0.05) is 46.8 Å². The van der Waals surface area contributed by atoms with Crippen LogP contribution in [0.25, 0.3) is 0 Å². The maximum absolute atomic E-state index is 12.0. The Labute approximate surface area is 367 Å². The Balaban J connectivity index is 0.000000713. The zero-order valence-corrected chi connectivity index (χ0v) is 38.9. The molecule has 16 nitrogen and oxygen atoms in total. The third-order valence-electron chi connectivity index (χ3n) is 15.9. The highest BCUT2D eigenvalue weighted by molar-refractivity contribution is 5.66. The number of fused-ring (bicyclic) bond motifs is 7. The number of aliphatic carboxylic acids is 4. The number of esters is 1. The molecule has 0 radical (unpaired) electrons. The normalized spacial score (nSPS) is 40.9. The molecule has 8 N–H and O–H groups in total. The van der Waals surface area contributed by atoms with E-state index < -0.39 is 61.2 Å². The van der Waals surface area contributed by atoms with E-state index in [1.807, 2.05) is 0 Å². The molecule has 62 heavy (non-hydrogen) atoms. The molecule has 0 spiro atoms. The van der Waals surface area contributed by atoms with Crippen LogP contribution in [0.15, 0.2) is 12.2 Å². The van der Waals surface area contributed by atoms with E-state index >= 15 is 0 Å². The lowest BCUT2D eigenvalue weighted by Crippen LogP contribution is -2.67. The van der Waals surface area contributed by atoms with Crippen LogP contribution in [0.4, 0.5) is 0 Å². The summed E-state index contributed by atoms with van der Waals surface area (Å²) in [5.74, 6) is -0.949. The number of ether oxygens (including phenoxy) is 3. The van der Waals surface area contributed by atoms with Crippen molar-refractivity contribution in [2.24, 2.45) is 56.7 Å². The van der Waals surface area contributed by atoms with E-state index in [2.05, 4.69) is 48.1 Å². The van der Waals surface area contributed by atoms with Crippen LogP contribution in [-0.2, 0) is 38.2 Å². The Morgan fingerprint density at radius 2 is 1.19 bits per heavy atom. The molecule has 1 aliphatic heterocycles. The van der Waals surface area contributed by atoms with Gasteiger partial charge in [0.25, 0.3) is 23.9 Å². The van der Waals surface area contributed by atoms with Crippen LogP contribution in [0.3, 0.4) is 0 Å². The lowest BCUT2D eigenvalue weighted by atomic mass is 9.32. The predicted octanol–water partition coefficient (Wildman–Crippen LogP) is 5.76. The van der Waals surface area contributed by atoms with Gasteiger partial charge < -0.3 is 55.1 Å². The van der Waals surface area contributed by atoms with E-state index in [-0.39, 0.29) is 39.1 Å². The molecular weight excluding hydrogens is 808 g/mol. The molecule has 15 atom stereocenters. The van der Waals surface area contributed by atoms with Crippen LogP contribution < -0.4 is 0 Å². The van der Waals surface area contributed by atoms with E-state index in [9.17, 15) is 25.2 Å². The highest BCUT2D eigenvalue weighted by atomic mass is 16.7. The lowest BCUT2D eigenvalue weighted by Gasteiger charge is -2.73. The van der Waals surface area contributed by atoms with Gasteiger partial charge in [-0.05, 0) is 122 Å². The first kappa shape index (κ1) is 55.0. The van der Waals surface area contributed by atoms with Gasteiger partial charge in [0.05, 0.1) is 19.3 Å². The number of carboxylic acid groups (broad SMARTS) is 4. The minimum Gasteiger partial charge on any atom is -0.481 e. The fourth-order valence-electron chi connectivity index (χ4n) is 13.4. The fraction of sp³-hybridized carbons (Fsp3) is 0.848. The molecule has 0 aromatic carbocycles. The molecule has 5 saturated carbocycles. The molecule has 5 aliphatic carbocycles. The van der Waals surface area contributed by atoms with Gasteiger partial charge in [0, 0.05) is 40.0 Å². The predicted molar refractivity (Wildman–Crippen MR) is 227 cm³/mol. The first-order valence-electron chi connectivity index (χ1n) is 21.9. The highest BCUT2D eigenvalue weighted by Gasteiger charge is 2.71. The topological polar surface area (TPSA) is 275 Å². The molecule has 0 amide bonds. The molecule has 1 saturated heterocycles. The number of aliphatic hydroxyl groups is 4. The molecule has 6 aliphatic rings. The maximum atomic E-state index is 12.0. The molecule has 6 rings (SSSR count). The molecule has 1 heterocycles. The fourth-order valence-corrected chi connectivity index (χ4v) is 13.4. The van der Waals surface area contributed by atoms with Crippen LogP contribution in [0.2, 0.25) is 0 Å². The minimum absolute atomic E-state index is 0.0594. The van der Waals surface area contributed by atoms with Crippen molar-refractivity contribution in [1.82, 2.24) is 0 Å². The zero-order valence-electron chi connectivity index (χ0n) is 38.9. The highest BCUT2D eigenvalue weighted by Crippen LogP contribution is 2.77. The van der Waals surface area contributed by atoms with Gasteiger partial charge in [-0.25, -0.2) is 0 Å². The number of carbonyl (C=O) groups excluding carboxylic acids is 1. The van der Waals surface area contributed by atoms with Gasteiger partial charge in [-0.3, -0.25) is 24.0 Å². The molecule has 0 aromatic heterocycles. The first-order chi connectivity index (χ1) is 28.4. The smallest absolute Gasteiger partial charge is 0.302 e. The van der Waals surface area contributed by atoms with E-state index in [4.69, 9.17) is 53.8 Å². The van der Waals surface area contributed by atoms with Gasteiger partial charge >= 0.3 is 5.97 Å². The Hall–Kier alpha value is -3.15. The molecule has 0 aromatic rings. The Morgan fingerprint density at radius 1 is 0.661 bits per heavy atom. The summed E-state index contributed by atoms with van der Waals surface area (Å²) in [6, 6.07) is 0. The molecule has 358 valence electrons. The summed E-state index contributed by atoms with van der Waals surface area (Å²) in [5.41, 5.74) is 1.64. The lowest BCUT2D eigenvalue weighted by molar-refractivity contribution is -0.320. The number of allylic oxidation sites excluding steroid dienone is 1. The standard InChI is InChI=1S/C38H62O8.4C2H4O2/c1-21(2)23-11-16-38(20-44-22(3)40)18-17-36(7)24(29(23)38)9-10-27-35(6)14-13-28(34(4,5)26(35)12-15-37(27,36)8)46-32-31(42)30(41)25(19-39)45-33(32)43;4*1-2(3)4/h23-33,39,41-43H,1,9-20H2,2-8H3;4*1H3,(H,3,4)/t23-,24+,25+,26-,27+,28?,29+,30-,31-,32+,33+,35-,36+,37+,38+;;;;/m0..../s1. The largest absolute Gasteiger partial charge is 0.481 e. The van der Waals surface area contributed by atoms with E-state index in [1.54, 1.807) is 6.92 Å². The van der Waals surface area contributed by atoms with Gasteiger partial charge in [0.2, 0.25) is 0 Å². The summed E-state index contributed by atoms with van der Waals surface area (Å²) < 4.78 is 17.8. The van der Waals surface area contributed by atoms with E-state index in [0.717, 1.165) is 72.6 Å². The molecule has 16 heteroatoms. The summed E-state index contributed by atoms with van der Waals surface area (Å²) in [6.45, 7) is 25.0. The number of hydrogen-bond donors (Lipinski definition) is 8. The van der Waals surface area contributed by atoms with Gasteiger partial charge in [0.15, 0.2) is 6.29 Å². The average Bonchev–Trinajstić information content (AvgIpc) is 3.51. The average molecular weight is 887 g/mol. The maximum Gasteiger partial charge on any atom is 0.302 e. The van der Waals surface area contributed by atoms with Crippen molar-refractivity contribution in [1.29, 1.82) is 0 Å². The third-order valence-corrected chi connectivity index (χ3v) is 15.9. The van der Waals surface area contributed by atoms with Crippen molar-refractivity contribution >= 4 is 29.8 Å². The molecule has 6 fully saturated rings. The van der Waals surface area contributed by atoms with Crippen LogP contribution in [-0.4, -0.2) is 121 Å². The van der Waals surface area contributed by atoms with Crippen molar-refractivity contribution in [3.8, 4) is 0 Å². The Kier molecular flexibility index (Phi) is 19.2. The molecule has 0 bridgehead atoms. The van der Waals surface area contributed by atoms with Crippen molar-refractivity contribution < 1.29 is 79.0 Å². The number of hydrogen-bond acceptors (Lipinski definition) is 12. The minimum atomic E-state index is -1.41. The van der Waals surface area contributed by atoms with E-state index in [0.29, 0.717) is 36.2 Å². The molecular formula is C46H78O16. The van der Waals surface area contributed by atoms with Crippen molar-refractivity contribution in [3.63, 3.8) is 0 Å². The van der Waals surface area contributed by atoms with Gasteiger partial charge in [-0.2, -0.15) is 0 Å². The Bertz CT molecular complexity index is 1520. The summed E-state index contributed by atoms with van der Waals surface area (Å²) in [5, 5.41) is 71.3. The zero-order chi connectivity index (χ0) is 47.9. The number of carbonyl (C=O) groups is 5. The van der Waals surface area contributed by atoms with Crippen LogP contribution >= 0.6 is 0 Å². The summed E-state index contributed by atoms with van der Waals surface area (Å²) in [6.07, 6.45) is 4.68. The number of aliphatic hydroxyl groups excluding tert-OH is 4. The molecule has 1 unspecified atom stereocenters. The van der Waals surface area contributed by atoms with Crippen LogP contribution in [0.1, 0.15) is 140 Å². The van der Waals surface area contributed by atoms with Gasteiger partial charge in [0.1, 0.15) is 24.4 Å². The number of carboxylic acids is 4. The van der Waals surface area contributed by atoms with Crippen molar-refractivity contribution in [2.45, 2.75) is 177 Å². The summed E-state index contributed by atoms with van der Waals surface area (Å²) in [7, 11) is 0. The van der Waals surface area contributed by atoms with E-state index in [1.165, 1.54) is 24.8 Å².